The summed E-state index contributed by atoms with van der Waals surface area (Å²) in [6.07, 6.45) is 2.68. The number of anilines is 3. The summed E-state index contributed by atoms with van der Waals surface area (Å²) < 4.78 is 5.37. The first-order chi connectivity index (χ1) is 20.8. The molecule has 0 bridgehead atoms. The fourth-order valence-corrected chi connectivity index (χ4v) is 4.95. The highest BCUT2D eigenvalue weighted by atomic mass is 16.5. The van der Waals surface area contributed by atoms with E-state index in [1.165, 1.54) is 13.1 Å². The number of benzene rings is 2. The van der Waals surface area contributed by atoms with Gasteiger partial charge in [0.25, 0.3) is 5.91 Å². The van der Waals surface area contributed by atoms with Gasteiger partial charge in [0, 0.05) is 36.3 Å². The summed E-state index contributed by atoms with van der Waals surface area (Å²) in [7, 11) is 0. The van der Waals surface area contributed by atoms with Gasteiger partial charge in [0.1, 0.15) is 6.61 Å². The molecule has 5 rings (SSSR count). The van der Waals surface area contributed by atoms with Crippen molar-refractivity contribution in [2.45, 2.75) is 32.4 Å². The highest BCUT2D eigenvalue weighted by Crippen LogP contribution is 2.29. The van der Waals surface area contributed by atoms with Gasteiger partial charge in [-0.05, 0) is 43.5 Å². The standard InChI is InChI=1S/C31H30N6O6/c1-19(38)21-9-10-22-15-25(36-31(42)43-18-20-6-3-2-4-7-20)28(34-24(22)14-21)29(39)35-26-16-32-12-11-27(26)37-13-5-8-23(17-37)33-30(40)41/h2-4,6-7,9-12,14-16,23,33H,5,8,13,17-18H2,1H3,(H,35,39)(H,36,42)(H,40,41)/t23-/m0/s1. The molecule has 4 aromatic rings. The number of nitrogens with zero attached hydrogens (tertiary/aromatic N) is 3. The van der Waals surface area contributed by atoms with E-state index in [-0.39, 0.29) is 29.8 Å². The van der Waals surface area contributed by atoms with E-state index in [1.807, 2.05) is 35.2 Å². The van der Waals surface area contributed by atoms with Crippen molar-refractivity contribution in [2.24, 2.45) is 0 Å². The third-order valence-corrected chi connectivity index (χ3v) is 7.02. The Bertz CT molecular complexity index is 1680. The zero-order valence-electron chi connectivity index (χ0n) is 23.4. The molecule has 1 saturated heterocycles. The fraction of sp³-hybridized carbons (Fsp3) is 0.226. The Morgan fingerprint density at radius 2 is 1.84 bits per heavy atom. The minimum atomic E-state index is -1.09. The van der Waals surface area contributed by atoms with E-state index in [0.29, 0.717) is 47.4 Å². The van der Waals surface area contributed by atoms with Crippen molar-refractivity contribution < 1.29 is 29.0 Å². The van der Waals surface area contributed by atoms with E-state index in [4.69, 9.17) is 9.84 Å². The Morgan fingerprint density at radius 1 is 1.02 bits per heavy atom. The lowest BCUT2D eigenvalue weighted by Gasteiger charge is -2.35. The minimum Gasteiger partial charge on any atom is -0.465 e. The normalized spacial score (nSPS) is 14.5. The number of fused-ring (bicyclic) bond motifs is 1. The molecule has 3 heterocycles. The number of carbonyl (C=O) groups excluding carboxylic acids is 3. The Labute approximate surface area is 247 Å². The molecular weight excluding hydrogens is 552 g/mol. The molecule has 1 atom stereocenters. The van der Waals surface area contributed by atoms with Crippen molar-refractivity contribution >= 4 is 51.8 Å². The topological polar surface area (TPSA) is 163 Å². The first-order valence-electron chi connectivity index (χ1n) is 13.7. The average molecular weight is 583 g/mol. The third kappa shape index (κ3) is 7.22. The second kappa shape index (κ2) is 13.0. The maximum absolute atomic E-state index is 13.7. The van der Waals surface area contributed by atoms with Crippen molar-refractivity contribution in [2.75, 3.05) is 28.6 Å². The van der Waals surface area contributed by atoms with Crippen LogP contribution in [-0.4, -0.2) is 58.1 Å². The molecule has 1 aliphatic heterocycles. The lowest BCUT2D eigenvalue weighted by Crippen LogP contribution is -2.47. The SMILES string of the molecule is CC(=O)c1ccc2cc(NC(=O)OCc3ccccc3)c(C(=O)Nc3cnccc3N3CCC[C@H](NC(=O)O)C3)nc2c1. The maximum atomic E-state index is 13.7. The van der Waals surface area contributed by atoms with Gasteiger partial charge in [-0.3, -0.25) is 19.9 Å². The van der Waals surface area contributed by atoms with Crippen LogP contribution in [-0.2, 0) is 11.3 Å². The zero-order valence-corrected chi connectivity index (χ0v) is 23.4. The Balaban J connectivity index is 1.43. The lowest BCUT2D eigenvalue weighted by molar-refractivity contribution is 0.101. The van der Waals surface area contributed by atoms with Gasteiger partial charge in [-0.1, -0.05) is 42.5 Å². The number of hydrogen-bond acceptors (Lipinski definition) is 8. The number of hydrogen-bond donors (Lipinski definition) is 4. The number of nitrogens with one attached hydrogen (secondary N) is 3. The minimum absolute atomic E-state index is 0.0315. The van der Waals surface area contributed by atoms with E-state index in [9.17, 15) is 19.2 Å². The first-order valence-corrected chi connectivity index (χ1v) is 13.7. The van der Waals surface area contributed by atoms with E-state index in [0.717, 1.165) is 12.0 Å². The number of rotatable bonds is 8. The molecule has 43 heavy (non-hydrogen) atoms. The predicted molar refractivity (Wildman–Crippen MR) is 161 cm³/mol. The van der Waals surface area contributed by atoms with Gasteiger partial charge < -0.3 is 25.4 Å². The quantitative estimate of drug-likeness (QED) is 0.208. The van der Waals surface area contributed by atoms with Gasteiger partial charge in [0.05, 0.1) is 28.8 Å². The van der Waals surface area contributed by atoms with E-state index in [2.05, 4.69) is 25.9 Å². The predicted octanol–water partition coefficient (Wildman–Crippen LogP) is 5.07. The number of ether oxygens (including phenoxy) is 1. The molecule has 3 amide bonds. The zero-order chi connectivity index (χ0) is 30.3. The molecule has 2 aromatic heterocycles. The van der Waals surface area contributed by atoms with Crippen molar-refractivity contribution in [3.63, 3.8) is 0 Å². The third-order valence-electron chi connectivity index (χ3n) is 7.02. The fourth-order valence-electron chi connectivity index (χ4n) is 4.95. The van der Waals surface area contributed by atoms with Crippen molar-refractivity contribution in [3.8, 4) is 0 Å². The smallest absolute Gasteiger partial charge is 0.412 e. The monoisotopic (exact) mass is 582 g/mol. The highest BCUT2D eigenvalue weighted by Gasteiger charge is 2.25. The van der Waals surface area contributed by atoms with Gasteiger partial charge >= 0.3 is 12.2 Å². The molecule has 0 unspecified atom stereocenters. The molecular formula is C31H30N6O6. The van der Waals surface area contributed by atoms with E-state index in [1.54, 1.807) is 36.5 Å². The molecule has 12 heteroatoms. The first kappa shape index (κ1) is 29.0. The summed E-state index contributed by atoms with van der Waals surface area (Å²) in [6, 6.07) is 17.2. The molecule has 0 radical (unpaired) electrons. The number of piperidine rings is 1. The van der Waals surface area contributed by atoms with Crippen molar-refractivity contribution in [1.82, 2.24) is 15.3 Å². The van der Waals surface area contributed by atoms with Crippen LogP contribution < -0.4 is 20.9 Å². The van der Waals surface area contributed by atoms with Crippen LogP contribution in [0.4, 0.5) is 26.7 Å². The number of ketones is 1. The molecule has 1 fully saturated rings. The molecule has 2 aromatic carbocycles. The number of carbonyl (C=O) groups is 4. The maximum Gasteiger partial charge on any atom is 0.412 e. The summed E-state index contributed by atoms with van der Waals surface area (Å²) in [5.74, 6) is -0.779. The molecule has 12 nitrogen and oxygen atoms in total. The van der Waals surface area contributed by atoms with Gasteiger partial charge in [-0.15, -0.1) is 0 Å². The van der Waals surface area contributed by atoms with Crippen LogP contribution in [0.2, 0.25) is 0 Å². The summed E-state index contributed by atoms with van der Waals surface area (Å²) in [5.41, 5.74) is 2.70. The van der Waals surface area contributed by atoms with Crippen LogP contribution >= 0.6 is 0 Å². The van der Waals surface area contributed by atoms with Crippen molar-refractivity contribution in [1.29, 1.82) is 0 Å². The van der Waals surface area contributed by atoms with Crippen LogP contribution in [0.1, 0.15) is 46.2 Å². The number of amides is 3. The van der Waals surface area contributed by atoms with Crippen LogP contribution in [0.25, 0.3) is 10.9 Å². The van der Waals surface area contributed by atoms with Gasteiger partial charge in [0.15, 0.2) is 11.5 Å². The number of pyridine rings is 2. The Morgan fingerprint density at radius 3 is 2.60 bits per heavy atom. The number of carboxylic acid groups (broad SMARTS) is 1. The summed E-state index contributed by atoms with van der Waals surface area (Å²) in [4.78, 5) is 60.4. The second-order valence-corrected chi connectivity index (χ2v) is 10.1. The Hall–Kier alpha value is -5.52. The van der Waals surface area contributed by atoms with E-state index < -0.39 is 18.1 Å². The summed E-state index contributed by atoms with van der Waals surface area (Å²) in [6.45, 7) is 2.55. The Kier molecular flexibility index (Phi) is 8.75. The van der Waals surface area contributed by atoms with Crippen molar-refractivity contribution in [3.05, 3.63) is 89.9 Å². The van der Waals surface area contributed by atoms with Crippen LogP contribution in [0.3, 0.4) is 0 Å². The molecule has 0 spiro atoms. The second-order valence-electron chi connectivity index (χ2n) is 10.1. The number of Topliss-reactive ketones (excluding diaryl/α,β-unsaturated/α-hetero) is 1. The van der Waals surface area contributed by atoms with Gasteiger partial charge in [-0.25, -0.2) is 14.6 Å². The average Bonchev–Trinajstić information content (AvgIpc) is 3.00. The molecule has 220 valence electrons. The highest BCUT2D eigenvalue weighted by molar-refractivity contribution is 6.11. The lowest BCUT2D eigenvalue weighted by atomic mass is 10.0. The molecule has 0 saturated carbocycles. The van der Waals surface area contributed by atoms with Gasteiger partial charge in [-0.2, -0.15) is 0 Å². The number of aromatic nitrogens is 2. The largest absolute Gasteiger partial charge is 0.465 e. The van der Waals surface area contributed by atoms with E-state index >= 15 is 0 Å². The van der Waals surface area contributed by atoms with Crippen LogP contribution in [0.5, 0.6) is 0 Å². The van der Waals surface area contributed by atoms with Crippen LogP contribution in [0, 0.1) is 0 Å². The van der Waals surface area contributed by atoms with Crippen LogP contribution in [0.15, 0.2) is 73.1 Å². The summed E-state index contributed by atoms with van der Waals surface area (Å²) >= 11 is 0. The van der Waals surface area contributed by atoms with Gasteiger partial charge in [0.2, 0.25) is 0 Å². The molecule has 4 N–H and O–H groups in total. The summed E-state index contributed by atoms with van der Waals surface area (Å²) in [5, 5.41) is 17.8. The molecule has 0 aliphatic carbocycles. The molecule has 1 aliphatic rings.